The number of amidine groups is 1. The van der Waals surface area contributed by atoms with Gasteiger partial charge in [-0.25, -0.2) is 9.79 Å². The molecule has 0 aromatic heterocycles. The first-order chi connectivity index (χ1) is 19.4. The van der Waals surface area contributed by atoms with Gasteiger partial charge < -0.3 is 28.9 Å². The van der Waals surface area contributed by atoms with Gasteiger partial charge in [-0.1, -0.05) is 48.2 Å². The van der Waals surface area contributed by atoms with E-state index in [0.29, 0.717) is 35.9 Å². The van der Waals surface area contributed by atoms with Crippen LogP contribution in [-0.2, 0) is 20.9 Å². The van der Waals surface area contributed by atoms with Crippen molar-refractivity contribution in [1.29, 1.82) is 0 Å². The van der Waals surface area contributed by atoms with Crippen molar-refractivity contribution in [2.45, 2.75) is 26.0 Å². The van der Waals surface area contributed by atoms with Gasteiger partial charge in [0.2, 0.25) is 5.91 Å². The molecule has 1 fully saturated rings. The van der Waals surface area contributed by atoms with Crippen LogP contribution < -0.4 is 9.47 Å². The largest absolute Gasteiger partial charge is 0.493 e. The van der Waals surface area contributed by atoms with Crippen LogP contribution in [0.25, 0.3) is 0 Å². The van der Waals surface area contributed by atoms with Gasteiger partial charge in [0.15, 0.2) is 16.7 Å². The fourth-order valence-electron chi connectivity index (χ4n) is 5.09. The Morgan fingerprint density at radius 2 is 1.73 bits per heavy atom. The number of hydrogen-bond donors (Lipinski definition) is 0. The predicted octanol–water partition coefficient (Wildman–Crippen LogP) is 4.19. The summed E-state index contributed by atoms with van der Waals surface area (Å²) in [6.45, 7) is 5.07. The number of aliphatic imine (C=N–C) groups is 1. The third-order valence-electron chi connectivity index (χ3n) is 7.34. The second kappa shape index (κ2) is 12.2. The van der Waals surface area contributed by atoms with E-state index in [1.807, 2.05) is 70.7 Å². The number of methoxy groups -OCH3 is 2. The number of thioether (sulfide) groups is 1. The van der Waals surface area contributed by atoms with E-state index in [4.69, 9.17) is 19.2 Å². The highest BCUT2D eigenvalue weighted by atomic mass is 32.2. The Hall–Kier alpha value is -3.76. The highest BCUT2D eigenvalue weighted by Gasteiger charge is 2.42. The lowest BCUT2D eigenvalue weighted by Crippen LogP contribution is -2.47. The molecule has 0 radical (unpaired) electrons. The molecule has 5 rings (SSSR count). The average Bonchev–Trinajstić information content (AvgIpc) is 3.37. The number of rotatable bonds is 8. The number of nitrogens with zero attached hydrogens (tertiary/aromatic N) is 4. The van der Waals surface area contributed by atoms with Crippen molar-refractivity contribution in [2.75, 3.05) is 47.4 Å². The van der Waals surface area contributed by atoms with Gasteiger partial charge in [-0.2, -0.15) is 0 Å². The van der Waals surface area contributed by atoms with E-state index in [2.05, 4.69) is 11.9 Å². The maximum atomic E-state index is 13.7. The second-order valence-electron chi connectivity index (χ2n) is 9.93. The third-order valence-corrected chi connectivity index (χ3v) is 8.23. The molecule has 3 aliphatic heterocycles. The Morgan fingerprint density at radius 3 is 2.42 bits per heavy atom. The summed E-state index contributed by atoms with van der Waals surface area (Å²) in [6, 6.07) is 14.6. The number of allylic oxidation sites excluding steroid dienone is 1. The molecule has 1 atom stereocenters. The van der Waals surface area contributed by atoms with Gasteiger partial charge in [-0.05, 0) is 42.6 Å². The third kappa shape index (κ3) is 5.73. The van der Waals surface area contributed by atoms with E-state index in [1.54, 1.807) is 14.2 Å². The highest BCUT2D eigenvalue weighted by Crippen LogP contribution is 2.46. The van der Waals surface area contributed by atoms with Gasteiger partial charge in [0.25, 0.3) is 0 Å². The molecule has 3 aliphatic rings. The van der Waals surface area contributed by atoms with Crippen LogP contribution in [-0.4, -0.2) is 79.2 Å². The average molecular weight is 563 g/mol. The standard InChI is InChI=1S/C30H34N4O5S/c1-20-27(29(36)39-18-21-8-6-5-7-9-21)28(22-10-11-24(37-3)25(16-22)38-4)34-23(19-40-30(34)31-20)17-26(35)33-14-12-32(2)13-15-33/h5-11,16,19,28H,12-15,17-18H2,1-4H3. The van der Waals surface area contributed by atoms with E-state index >= 15 is 0 Å². The van der Waals surface area contributed by atoms with Crippen LogP contribution in [0.15, 0.2) is 75.9 Å². The zero-order chi connectivity index (χ0) is 28.2. The molecule has 0 saturated carbocycles. The Morgan fingerprint density at radius 1 is 1.00 bits per heavy atom. The van der Waals surface area contributed by atoms with E-state index in [9.17, 15) is 9.59 Å². The molecule has 1 amide bonds. The van der Waals surface area contributed by atoms with E-state index in [-0.39, 0.29) is 18.9 Å². The van der Waals surface area contributed by atoms with Gasteiger partial charge in [0, 0.05) is 31.9 Å². The Kier molecular flexibility index (Phi) is 8.46. The fraction of sp³-hybridized carbons (Fsp3) is 0.367. The number of carbonyl (C=O) groups excluding carboxylic acids is 2. The maximum Gasteiger partial charge on any atom is 0.338 e. The SMILES string of the molecule is COc1ccc(C2C(C(=O)OCc3ccccc3)=C(C)N=C3SC=C(CC(=O)N4CCN(C)CC4)N32)cc1OC. The van der Waals surface area contributed by atoms with Gasteiger partial charge >= 0.3 is 5.97 Å². The second-order valence-corrected chi connectivity index (χ2v) is 10.8. The van der Waals surface area contributed by atoms with Gasteiger partial charge in [-0.3, -0.25) is 4.79 Å². The molecule has 1 unspecified atom stereocenters. The summed E-state index contributed by atoms with van der Waals surface area (Å²) in [7, 11) is 5.23. The molecule has 2 aromatic rings. The smallest absolute Gasteiger partial charge is 0.338 e. The molecule has 0 N–H and O–H groups in total. The van der Waals surface area contributed by atoms with E-state index in [0.717, 1.165) is 35.1 Å². The van der Waals surface area contributed by atoms with Crippen LogP contribution in [0.3, 0.4) is 0 Å². The van der Waals surface area contributed by atoms with Crippen LogP contribution in [0.1, 0.15) is 30.5 Å². The van der Waals surface area contributed by atoms with Crippen LogP contribution in [0.2, 0.25) is 0 Å². The number of likely N-dealkylation sites (N-methyl/N-ethyl adjacent to an activating group) is 1. The number of fused-ring (bicyclic) bond motifs is 1. The topological polar surface area (TPSA) is 83.9 Å². The van der Waals surface area contributed by atoms with Crippen LogP contribution in [0.4, 0.5) is 0 Å². The first-order valence-corrected chi connectivity index (χ1v) is 14.1. The molecule has 40 heavy (non-hydrogen) atoms. The first kappa shape index (κ1) is 27.8. The normalized spacial score (nSPS) is 19.1. The molecule has 210 valence electrons. The lowest BCUT2D eigenvalue weighted by Gasteiger charge is -2.37. The number of piperazine rings is 1. The quantitative estimate of drug-likeness (QED) is 0.443. The summed E-state index contributed by atoms with van der Waals surface area (Å²) in [5, 5.41) is 2.68. The summed E-state index contributed by atoms with van der Waals surface area (Å²) in [5.41, 5.74) is 3.50. The number of ether oxygens (including phenoxy) is 3. The fourth-order valence-corrected chi connectivity index (χ4v) is 6.06. The van der Waals surface area contributed by atoms with E-state index < -0.39 is 12.0 Å². The van der Waals surface area contributed by atoms with Crippen LogP contribution in [0.5, 0.6) is 11.5 Å². The van der Waals surface area contributed by atoms with Gasteiger partial charge in [-0.15, -0.1) is 0 Å². The van der Waals surface area contributed by atoms with Crippen molar-refractivity contribution in [3.63, 3.8) is 0 Å². The lowest BCUT2D eigenvalue weighted by atomic mass is 9.93. The van der Waals surface area contributed by atoms with Crippen molar-refractivity contribution < 1.29 is 23.8 Å². The van der Waals surface area contributed by atoms with Gasteiger partial charge in [0.1, 0.15) is 6.61 Å². The monoisotopic (exact) mass is 562 g/mol. The molecule has 2 aromatic carbocycles. The first-order valence-electron chi connectivity index (χ1n) is 13.2. The zero-order valence-electron chi connectivity index (χ0n) is 23.3. The van der Waals surface area contributed by atoms with Crippen LogP contribution >= 0.6 is 11.8 Å². The Balaban J connectivity index is 1.48. The van der Waals surface area contributed by atoms with Crippen molar-refractivity contribution in [1.82, 2.24) is 14.7 Å². The van der Waals surface area contributed by atoms with Crippen molar-refractivity contribution in [3.8, 4) is 11.5 Å². The summed E-state index contributed by atoms with van der Waals surface area (Å²) in [6.07, 6.45) is 0.213. The molecule has 0 spiro atoms. The summed E-state index contributed by atoms with van der Waals surface area (Å²) in [4.78, 5) is 38.0. The molecule has 1 saturated heterocycles. The maximum absolute atomic E-state index is 13.7. The van der Waals surface area contributed by atoms with Gasteiger partial charge in [0.05, 0.1) is 38.0 Å². The van der Waals surface area contributed by atoms with Crippen molar-refractivity contribution in [3.05, 3.63) is 82.0 Å². The predicted molar refractivity (Wildman–Crippen MR) is 155 cm³/mol. The highest BCUT2D eigenvalue weighted by molar-refractivity contribution is 8.16. The minimum atomic E-state index is -0.558. The summed E-state index contributed by atoms with van der Waals surface area (Å²) >= 11 is 1.46. The molecular formula is C30H34N4O5S. The molecular weight excluding hydrogens is 528 g/mol. The minimum absolute atomic E-state index is 0.0618. The minimum Gasteiger partial charge on any atom is -0.493 e. The van der Waals surface area contributed by atoms with Crippen molar-refractivity contribution >= 4 is 28.8 Å². The van der Waals surface area contributed by atoms with Crippen molar-refractivity contribution in [2.24, 2.45) is 4.99 Å². The molecule has 0 bridgehead atoms. The number of amides is 1. The molecule has 9 nitrogen and oxygen atoms in total. The van der Waals surface area contributed by atoms with Crippen LogP contribution in [0, 0.1) is 0 Å². The summed E-state index contributed by atoms with van der Waals surface area (Å²) < 4.78 is 16.9. The molecule has 3 heterocycles. The molecule has 10 heteroatoms. The number of hydrogen-bond acceptors (Lipinski definition) is 9. The number of esters is 1. The number of carbonyl (C=O) groups is 2. The zero-order valence-corrected chi connectivity index (χ0v) is 24.1. The van der Waals surface area contributed by atoms with E-state index in [1.165, 1.54) is 11.8 Å². The lowest BCUT2D eigenvalue weighted by molar-refractivity contribution is -0.141. The Bertz CT molecular complexity index is 1370. The summed E-state index contributed by atoms with van der Waals surface area (Å²) in [5.74, 6) is 0.739. The Labute approximate surface area is 239 Å². The number of benzene rings is 2. The molecule has 0 aliphatic carbocycles.